The average molecular weight is 396 g/mol. The number of nitrogens with zero attached hydrogens (tertiary/aromatic N) is 4. The maximum Gasteiger partial charge on any atom is 0.317 e. The standard InChI is InChI=1S/C18H29N5O3S/c24-18(19-15-8-11-27(25,26)13-15)22-9-6-16(7-10-22)23-12-17(20-21-23)14-4-2-1-3-5-14/h12,14-16H,1-11,13H2,(H,19,24)/t15-/m1/s1. The van der Waals surface area contributed by atoms with Crippen LogP contribution in [0, 0.1) is 0 Å². The number of aromatic nitrogens is 3. The highest BCUT2D eigenvalue weighted by Crippen LogP contribution is 2.32. The molecule has 9 heteroatoms. The predicted octanol–water partition coefficient (Wildman–Crippen LogP) is 1.86. The van der Waals surface area contributed by atoms with Crippen molar-refractivity contribution in [3.8, 4) is 0 Å². The number of hydrogen-bond acceptors (Lipinski definition) is 5. The van der Waals surface area contributed by atoms with Gasteiger partial charge in [-0.25, -0.2) is 17.9 Å². The Morgan fingerprint density at radius 1 is 1.07 bits per heavy atom. The first-order valence-electron chi connectivity index (χ1n) is 10.2. The highest BCUT2D eigenvalue weighted by molar-refractivity contribution is 7.91. The van der Waals surface area contributed by atoms with E-state index in [9.17, 15) is 13.2 Å². The molecule has 150 valence electrons. The lowest BCUT2D eigenvalue weighted by atomic mass is 9.87. The predicted molar refractivity (Wildman–Crippen MR) is 101 cm³/mol. The molecule has 0 spiro atoms. The summed E-state index contributed by atoms with van der Waals surface area (Å²) >= 11 is 0. The van der Waals surface area contributed by atoms with Crippen molar-refractivity contribution in [1.29, 1.82) is 0 Å². The molecule has 1 N–H and O–H groups in total. The van der Waals surface area contributed by atoms with Crippen LogP contribution in [0.25, 0.3) is 0 Å². The second kappa shape index (κ2) is 7.77. The molecule has 3 aliphatic rings. The molecule has 4 rings (SSSR count). The van der Waals surface area contributed by atoms with Crippen molar-refractivity contribution in [2.24, 2.45) is 0 Å². The van der Waals surface area contributed by atoms with Gasteiger partial charge in [-0.05, 0) is 32.1 Å². The summed E-state index contributed by atoms with van der Waals surface area (Å²) in [4.78, 5) is 14.2. The molecule has 0 bridgehead atoms. The zero-order chi connectivity index (χ0) is 18.9. The van der Waals surface area contributed by atoms with Gasteiger partial charge < -0.3 is 10.2 Å². The van der Waals surface area contributed by atoms with Gasteiger partial charge in [0, 0.05) is 31.2 Å². The minimum Gasteiger partial charge on any atom is -0.334 e. The Morgan fingerprint density at radius 2 is 1.81 bits per heavy atom. The van der Waals surface area contributed by atoms with Crippen LogP contribution in [0.4, 0.5) is 4.79 Å². The maximum absolute atomic E-state index is 12.4. The number of sulfone groups is 1. The van der Waals surface area contributed by atoms with Crippen LogP contribution in [0.5, 0.6) is 0 Å². The highest BCUT2D eigenvalue weighted by atomic mass is 32.2. The van der Waals surface area contributed by atoms with Gasteiger partial charge in [0.2, 0.25) is 0 Å². The Kier molecular flexibility index (Phi) is 5.39. The van der Waals surface area contributed by atoms with Crippen LogP contribution in [0.1, 0.15) is 69.0 Å². The summed E-state index contributed by atoms with van der Waals surface area (Å²) in [6.07, 6.45) is 10.7. The zero-order valence-corrected chi connectivity index (χ0v) is 16.5. The summed E-state index contributed by atoms with van der Waals surface area (Å²) < 4.78 is 25.1. The van der Waals surface area contributed by atoms with Gasteiger partial charge >= 0.3 is 6.03 Å². The van der Waals surface area contributed by atoms with E-state index in [-0.39, 0.29) is 29.6 Å². The minimum absolute atomic E-state index is 0.0676. The number of carbonyl (C=O) groups excluding carboxylic acids is 1. The SMILES string of the molecule is O=C(N[C@@H]1CCS(=O)(=O)C1)N1CCC(n2cc(C3CCCCC3)nn2)CC1. The van der Waals surface area contributed by atoms with Crippen molar-refractivity contribution in [2.45, 2.75) is 69.4 Å². The third-order valence-electron chi connectivity index (χ3n) is 6.24. The first kappa shape index (κ1) is 18.7. The molecule has 0 aromatic carbocycles. The van der Waals surface area contributed by atoms with Crippen molar-refractivity contribution in [1.82, 2.24) is 25.2 Å². The summed E-state index contributed by atoms with van der Waals surface area (Å²) in [5, 5.41) is 11.7. The number of nitrogens with one attached hydrogen (secondary N) is 1. The number of urea groups is 1. The molecule has 8 nitrogen and oxygen atoms in total. The second-order valence-corrected chi connectivity index (χ2v) is 10.5. The van der Waals surface area contributed by atoms with Gasteiger partial charge in [-0.2, -0.15) is 0 Å². The Hall–Kier alpha value is -1.64. The zero-order valence-electron chi connectivity index (χ0n) is 15.7. The largest absolute Gasteiger partial charge is 0.334 e. The number of carbonyl (C=O) groups is 1. The summed E-state index contributed by atoms with van der Waals surface area (Å²) in [7, 11) is -2.98. The molecule has 1 aromatic rings. The fourth-order valence-electron chi connectivity index (χ4n) is 4.56. The summed E-state index contributed by atoms with van der Waals surface area (Å²) in [5.41, 5.74) is 1.12. The molecule has 3 heterocycles. The lowest BCUT2D eigenvalue weighted by Gasteiger charge is -2.32. The second-order valence-electron chi connectivity index (χ2n) is 8.23. The summed E-state index contributed by atoms with van der Waals surface area (Å²) in [5.74, 6) is 0.800. The van der Waals surface area contributed by atoms with Crippen molar-refractivity contribution < 1.29 is 13.2 Å². The van der Waals surface area contributed by atoms with Gasteiger partial charge in [-0.15, -0.1) is 5.10 Å². The number of amides is 2. The van der Waals surface area contributed by atoms with Gasteiger partial charge in [0.15, 0.2) is 9.84 Å². The number of piperidine rings is 1. The molecule has 0 radical (unpaired) electrons. The van der Waals surface area contributed by atoms with E-state index >= 15 is 0 Å². The molecule has 1 aliphatic carbocycles. The minimum atomic E-state index is -2.98. The van der Waals surface area contributed by atoms with Crippen LogP contribution >= 0.6 is 0 Å². The molecule has 1 aromatic heterocycles. The monoisotopic (exact) mass is 395 g/mol. The fourth-order valence-corrected chi connectivity index (χ4v) is 6.24. The van der Waals surface area contributed by atoms with E-state index in [0.717, 1.165) is 18.5 Å². The smallest absolute Gasteiger partial charge is 0.317 e. The van der Waals surface area contributed by atoms with Gasteiger partial charge in [0.25, 0.3) is 0 Å². The van der Waals surface area contributed by atoms with Gasteiger partial charge in [-0.1, -0.05) is 24.5 Å². The molecule has 2 aliphatic heterocycles. The first-order valence-corrected chi connectivity index (χ1v) is 12.0. The number of likely N-dealkylation sites (tertiary alicyclic amines) is 1. The van der Waals surface area contributed by atoms with E-state index in [2.05, 4.69) is 21.8 Å². The fraction of sp³-hybridized carbons (Fsp3) is 0.833. The van der Waals surface area contributed by atoms with Crippen molar-refractivity contribution in [2.75, 3.05) is 24.6 Å². The number of hydrogen-bond donors (Lipinski definition) is 1. The normalized spacial score (nSPS) is 27.0. The average Bonchev–Trinajstić information content (AvgIpc) is 3.29. The van der Waals surface area contributed by atoms with E-state index in [1.807, 2.05) is 4.68 Å². The van der Waals surface area contributed by atoms with Crippen LogP contribution < -0.4 is 5.32 Å². The molecular formula is C18H29N5O3S. The van der Waals surface area contributed by atoms with Crippen LogP contribution in [0.3, 0.4) is 0 Å². The lowest BCUT2D eigenvalue weighted by molar-refractivity contribution is 0.165. The molecule has 2 amide bonds. The highest BCUT2D eigenvalue weighted by Gasteiger charge is 2.31. The third-order valence-corrected chi connectivity index (χ3v) is 8.01. The van der Waals surface area contributed by atoms with E-state index in [1.54, 1.807) is 4.90 Å². The van der Waals surface area contributed by atoms with Crippen molar-refractivity contribution >= 4 is 15.9 Å². The summed E-state index contributed by atoms with van der Waals surface area (Å²) in [6, 6.07) is -0.101. The van der Waals surface area contributed by atoms with Crippen LogP contribution in [0.2, 0.25) is 0 Å². The van der Waals surface area contributed by atoms with E-state index in [1.165, 1.54) is 32.1 Å². The Labute approximate surface area is 160 Å². The topological polar surface area (TPSA) is 97.2 Å². The quantitative estimate of drug-likeness (QED) is 0.842. The molecule has 0 unspecified atom stereocenters. The van der Waals surface area contributed by atoms with Crippen LogP contribution in [-0.2, 0) is 9.84 Å². The van der Waals surface area contributed by atoms with E-state index < -0.39 is 9.84 Å². The van der Waals surface area contributed by atoms with Crippen LogP contribution in [-0.4, -0.2) is 65.0 Å². The Balaban J connectivity index is 1.27. The van der Waals surface area contributed by atoms with Crippen molar-refractivity contribution in [3.63, 3.8) is 0 Å². The maximum atomic E-state index is 12.4. The van der Waals surface area contributed by atoms with E-state index in [0.29, 0.717) is 25.4 Å². The lowest BCUT2D eigenvalue weighted by Crippen LogP contribution is -2.48. The van der Waals surface area contributed by atoms with Gasteiger partial charge in [-0.3, -0.25) is 0 Å². The van der Waals surface area contributed by atoms with Crippen LogP contribution in [0.15, 0.2) is 6.20 Å². The third kappa shape index (κ3) is 4.44. The molecule has 27 heavy (non-hydrogen) atoms. The molecule has 1 atom stereocenters. The number of rotatable bonds is 3. The molecular weight excluding hydrogens is 366 g/mol. The van der Waals surface area contributed by atoms with E-state index in [4.69, 9.17) is 0 Å². The molecule has 2 saturated heterocycles. The van der Waals surface area contributed by atoms with Gasteiger partial charge in [0.05, 0.1) is 23.2 Å². The first-order chi connectivity index (χ1) is 13.0. The Morgan fingerprint density at radius 3 is 2.48 bits per heavy atom. The van der Waals surface area contributed by atoms with Gasteiger partial charge in [0.1, 0.15) is 0 Å². The molecule has 3 fully saturated rings. The molecule has 1 saturated carbocycles. The van der Waals surface area contributed by atoms with Crippen molar-refractivity contribution in [3.05, 3.63) is 11.9 Å². The Bertz CT molecular complexity index is 764. The summed E-state index contributed by atoms with van der Waals surface area (Å²) in [6.45, 7) is 1.32.